The van der Waals surface area contributed by atoms with Crippen LogP contribution in [0.5, 0.6) is 0 Å². The highest BCUT2D eigenvalue weighted by Crippen LogP contribution is 2.36. The van der Waals surface area contributed by atoms with Crippen LogP contribution in [0.15, 0.2) is 54.7 Å². The lowest BCUT2D eigenvalue weighted by atomic mass is 10.0. The van der Waals surface area contributed by atoms with Gasteiger partial charge in [-0.25, -0.2) is 9.97 Å². The summed E-state index contributed by atoms with van der Waals surface area (Å²) in [6, 6.07) is 15.6. The molecule has 154 valence electrons. The Morgan fingerprint density at radius 3 is 2.30 bits per heavy atom. The van der Waals surface area contributed by atoms with E-state index in [4.69, 9.17) is 33.2 Å². The van der Waals surface area contributed by atoms with Gasteiger partial charge in [-0.3, -0.25) is 4.90 Å². The molecular weight excluding hydrogens is 415 g/mol. The maximum absolute atomic E-state index is 6.55. The molecule has 0 atom stereocenters. The minimum Gasteiger partial charge on any atom is -0.338 e. The van der Waals surface area contributed by atoms with Crippen LogP contribution in [0, 0.1) is 5.92 Å². The van der Waals surface area contributed by atoms with Crippen LogP contribution in [0.25, 0.3) is 22.4 Å². The topological polar surface area (TPSA) is 32.3 Å². The first-order valence-corrected chi connectivity index (χ1v) is 11.3. The first-order chi connectivity index (χ1) is 14.7. The molecule has 5 rings (SSSR count). The third-order valence-corrected chi connectivity index (χ3v) is 6.51. The molecule has 0 spiro atoms. The fraction of sp³-hybridized carbons (Fsp3) is 0.333. The molecular formula is C24H24Cl2N4. The van der Waals surface area contributed by atoms with Gasteiger partial charge in [0.15, 0.2) is 0 Å². The quantitative estimate of drug-likeness (QED) is 0.514. The summed E-state index contributed by atoms with van der Waals surface area (Å²) in [5.41, 5.74) is 3.75. The van der Waals surface area contributed by atoms with Crippen molar-refractivity contribution in [2.75, 3.05) is 37.6 Å². The number of piperazine rings is 1. The fourth-order valence-electron chi connectivity index (χ4n) is 4.02. The lowest BCUT2D eigenvalue weighted by molar-refractivity contribution is 0.247. The highest BCUT2D eigenvalue weighted by atomic mass is 35.5. The predicted molar refractivity (Wildman–Crippen MR) is 124 cm³/mol. The fourth-order valence-corrected chi connectivity index (χ4v) is 4.37. The van der Waals surface area contributed by atoms with Crippen molar-refractivity contribution in [2.45, 2.75) is 12.8 Å². The van der Waals surface area contributed by atoms with Crippen LogP contribution < -0.4 is 4.90 Å². The highest BCUT2D eigenvalue weighted by Gasteiger charge is 2.27. The second-order valence-corrected chi connectivity index (χ2v) is 8.99. The molecule has 6 heteroatoms. The molecule has 4 nitrogen and oxygen atoms in total. The first kappa shape index (κ1) is 19.8. The largest absolute Gasteiger partial charge is 0.338 e. The Hall–Kier alpha value is -2.14. The Morgan fingerprint density at radius 2 is 1.60 bits per heavy atom. The molecule has 2 heterocycles. The average molecular weight is 439 g/mol. The average Bonchev–Trinajstić information content (AvgIpc) is 3.59. The summed E-state index contributed by atoms with van der Waals surface area (Å²) in [4.78, 5) is 14.6. The van der Waals surface area contributed by atoms with Gasteiger partial charge >= 0.3 is 0 Å². The lowest BCUT2D eigenvalue weighted by Crippen LogP contribution is -2.47. The predicted octanol–water partition coefficient (Wildman–Crippen LogP) is 5.65. The van der Waals surface area contributed by atoms with E-state index in [-0.39, 0.29) is 0 Å². The molecule has 0 N–H and O–H groups in total. The van der Waals surface area contributed by atoms with Crippen molar-refractivity contribution in [3.8, 4) is 22.4 Å². The van der Waals surface area contributed by atoms with E-state index in [1.54, 1.807) is 0 Å². The molecule has 0 unspecified atom stereocenters. The number of aromatic nitrogens is 2. The molecule has 0 radical (unpaired) electrons. The molecule has 1 saturated carbocycles. The van der Waals surface area contributed by atoms with Gasteiger partial charge in [0.1, 0.15) is 0 Å². The van der Waals surface area contributed by atoms with E-state index in [1.165, 1.54) is 19.4 Å². The second-order valence-electron chi connectivity index (χ2n) is 8.15. The van der Waals surface area contributed by atoms with Crippen molar-refractivity contribution >= 4 is 29.2 Å². The maximum atomic E-state index is 6.55. The van der Waals surface area contributed by atoms with Crippen molar-refractivity contribution in [1.29, 1.82) is 0 Å². The SMILES string of the molecule is Clc1ccc(-c2cnc(N3CCN(CC4CC4)CC3)nc2-c2ccccc2Cl)cc1. The van der Waals surface area contributed by atoms with E-state index < -0.39 is 0 Å². The number of rotatable bonds is 5. The van der Waals surface area contributed by atoms with Crippen molar-refractivity contribution in [2.24, 2.45) is 5.92 Å². The molecule has 0 amide bonds. The Labute approximate surface area is 187 Å². The Bertz CT molecular complexity index is 1030. The van der Waals surface area contributed by atoms with E-state index in [2.05, 4.69) is 9.80 Å². The van der Waals surface area contributed by atoms with Gasteiger partial charge in [-0.15, -0.1) is 0 Å². The summed E-state index contributed by atoms with van der Waals surface area (Å²) in [5, 5.41) is 1.39. The summed E-state index contributed by atoms with van der Waals surface area (Å²) in [7, 11) is 0. The Balaban J connectivity index is 1.47. The normalized spacial score (nSPS) is 17.3. The van der Waals surface area contributed by atoms with Crippen molar-refractivity contribution in [3.05, 3.63) is 64.8 Å². The number of nitrogens with zero attached hydrogens (tertiary/aromatic N) is 4. The van der Waals surface area contributed by atoms with Gasteiger partial charge in [0.25, 0.3) is 0 Å². The van der Waals surface area contributed by atoms with Crippen LogP contribution in [0.4, 0.5) is 5.95 Å². The number of hydrogen-bond acceptors (Lipinski definition) is 4. The van der Waals surface area contributed by atoms with Gasteiger partial charge in [-0.05, 0) is 42.5 Å². The smallest absolute Gasteiger partial charge is 0.225 e. The van der Waals surface area contributed by atoms with Crippen LogP contribution in [0.2, 0.25) is 10.0 Å². The van der Waals surface area contributed by atoms with Crippen molar-refractivity contribution in [1.82, 2.24) is 14.9 Å². The van der Waals surface area contributed by atoms with Gasteiger partial charge in [-0.1, -0.05) is 53.5 Å². The zero-order valence-electron chi connectivity index (χ0n) is 16.8. The molecule has 1 saturated heterocycles. The van der Waals surface area contributed by atoms with Gasteiger partial charge in [0, 0.05) is 60.1 Å². The van der Waals surface area contributed by atoms with Crippen LogP contribution in [-0.4, -0.2) is 47.6 Å². The molecule has 3 aromatic rings. The van der Waals surface area contributed by atoms with Gasteiger partial charge < -0.3 is 4.90 Å². The maximum Gasteiger partial charge on any atom is 0.225 e. The number of benzene rings is 2. The summed E-state index contributed by atoms with van der Waals surface area (Å²) < 4.78 is 0. The van der Waals surface area contributed by atoms with Crippen LogP contribution in [-0.2, 0) is 0 Å². The van der Waals surface area contributed by atoms with E-state index in [9.17, 15) is 0 Å². The van der Waals surface area contributed by atoms with Crippen LogP contribution in [0.1, 0.15) is 12.8 Å². The molecule has 30 heavy (non-hydrogen) atoms. The summed E-state index contributed by atoms with van der Waals surface area (Å²) >= 11 is 12.6. The lowest BCUT2D eigenvalue weighted by Gasteiger charge is -2.35. The van der Waals surface area contributed by atoms with Gasteiger partial charge in [0.05, 0.1) is 5.69 Å². The van der Waals surface area contributed by atoms with Crippen LogP contribution >= 0.6 is 23.2 Å². The second kappa shape index (κ2) is 8.54. The minimum absolute atomic E-state index is 0.687. The van der Waals surface area contributed by atoms with Crippen molar-refractivity contribution < 1.29 is 0 Å². The van der Waals surface area contributed by atoms with E-state index in [0.29, 0.717) is 10.0 Å². The minimum atomic E-state index is 0.687. The molecule has 2 aromatic carbocycles. The number of anilines is 1. The van der Waals surface area contributed by atoms with Crippen molar-refractivity contribution in [3.63, 3.8) is 0 Å². The number of halogens is 2. The zero-order chi connectivity index (χ0) is 20.5. The molecule has 0 bridgehead atoms. The van der Waals surface area contributed by atoms with Gasteiger partial charge in [0.2, 0.25) is 5.95 Å². The molecule has 2 aliphatic rings. The summed E-state index contributed by atoms with van der Waals surface area (Å²) in [6.45, 7) is 5.29. The van der Waals surface area contributed by atoms with Gasteiger partial charge in [-0.2, -0.15) is 0 Å². The third-order valence-electron chi connectivity index (χ3n) is 5.93. The van der Waals surface area contributed by atoms with Crippen LogP contribution in [0.3, 0.4) is 0 Å². The number of hydrogen-bond donors (Lipinski definition) is 0. The van der Waals surface area contributed by atoms with E-state index in [0.717, 1.165) is 60.4 Å². The molecule has 2 fully saturated rings. The molecule has 1 aliphatic carbocycles. The molecule has 1 aromatic heterocycles. The summed E-state index contributed by atoms with van der Waals surface area (Å²) in [5.74, 6) is 1.70. The monoisotopic (exact) mass is 438 g/mol. The Kier molecular flexibility index (Phi) is 5.64. The highest BCUT2D eigenvalue weighted by molar-refractivity contribution is 6.33. The van der Waals surface area contributed by atoms with E-state index >= 15 is 0 Å². The standard InChI is InChI=1S/C24H24Cl2N4/c25-19-9-7-18(8-10-19)21-15-27-24(28-23(21)20-3-1-2-4-22(20)26)30-13-11-29(12-14-30)16-17-5-6-17/h1-4,7-10,15,17H,5-6,11-14,16H2. The van der Waals surface area contributed by atoms with E-state index in [1.807, 2.05) is 54.7 Å². The zero-order valence-corrected chi connectivity index (χ0v) is 18.3. The summed E-state index contributed by atoms with van der Waals surface area (Å²) in [6.07, 6.45) is 4.72. The first-order valence-electron chi connectivity index (χ1n) is 10.5. The molecule has 1 aliphatic heterocycles. The Morgan fingerprint density at radius 1 is 0.867 bits per heavy atom. The third kappa shape index (κ3) is 4.31.